The first kappa shape index (κ1) is 18.4. The summed E-state index contributed by atoms with van der Waals surface area (Å²) in [6.45, 7) is 3.45. The van der Waals surface area contributed by atoms with Crippen molar-refractivity contribution in [2.75, 3.05) is 11.9 Å². The number of ether oxygens (including phenoxy) is 1. The lowest BCUT2D eigenvalue weighted by molar-refractivity contribution is -0.115. The molecule has 27 heavy (non-hydrogen) atoms. The van der Waals surface area contributed by atoms with E-state index >= 15 is 0 Å². The highest BCUT2D eigenvalue weighted by Crippen LogP contribution is 2.22. The standard InChI is InChI=1S/C21H19NO5/c1-3-20(24)22-15-6-4-14(5-7-15)18(23)12-26-16-8-9-17-13(2)10-21(25)27-19(17)11-16/h4-11H,3,12H2,1-2H3,(H,22,24). The summed E-state index contributed by atoms with van der Waals surface area (Å²) in [6.07, 6.45) is 0.389. The number of fused-ring (bicyclic) bond motifs is 1. The van der Waals surface area contributed by atoms with Crippen LogP contribution < -0.4 is 15.7 Å². The van der Waals surface area contributed by atoms with Gasteiger partial charge in [0.1, 0.15) is 11.3 Å². The first-order valence-electron chi connectivity index (χ1n) is 8.56. The van der Waals surface area contributed by atoms with E-state index in [4.69, 9.17) is 9.15 Å². The summed E-state index contributed by atoms with van der Waals surface area (Å²) < 4.78 is 10.7. The average Bonchev–Trinajstić information content (AvgIpc) is 2.66. The molecule has 0 bridgehead atoms. The first-order chi connectivity index (χ1) is 13.0. The van der Waals surface area contributed by atoms with Gasteiger partial charge in [0.2, 0.25) is 5.91 Å². The molecule has 0 aliphatic rings. The van der Waals surface area contributed by atoms with Crippen LogP contribution in [0.1, 0.15) is 29.3 Å². The number of ketones is 1. The van der Waals surface area contributed by atoms with E-state index in [1.807, 2.05) is 6.92 Å². The van der Waals surface area contributed by atoms with Crippen molar-refractivity contribution in [3.63, 3.8) is 0 Å². The fourth-order valence-corrected chi connectivity index (χ4v) is 2.62. The third-order valence-corrected chi connectivity index (χ3v) is 4.10. The lowest BCUT2D eigenvalue weighted by Gasteiger charge is -2.08. The van der Waals surface area contributed by atoms with Gasteiger partial charge in [-0.2, -0.15) is 0 Å². The van der Waals surface area contributed by atoms with E-state index in [1.54, 1.807) is 49.4 Å². The van der Waals surface area contributed by atoms with Crippen LogP contribution in [0.5, 0.6) is 5.75 Å². The Morgan fingerprint density at radius 3 is 2.52 bits per heavy atom. The lowest BCUT2D eigenvalue weighted by Crippen LogP contribution is -2.12. The monoisotopic (exact) mass is 365 g/mol. The molecule has 0 aliphatic heterocycles. The van der Waals surface area contributed by atoms with E-state index in [2.05, 4.69) is 5.32 Å². The van der Waals surface area contributed by atoms with Crippen molar-refractivity contribution in [3.8, 4) is 5.75 Å². The molecule has 0 radical (unpaired) electrons. The van der Waals surface area contributed by atoms with Gasteiger partial charge in [-0.25, -0.2) is 4.79 Å². The minimum absolute atomic E-state index is 0.0874. The summed E-state index contributed by atoms with van der Waals surface area (Å²) in [5.41, 5.74) is 1.93. The van der Waals surface area contributed by atoms with Crippen molar-refractivity contribution in [1.82, 2.24) is 0 Å². The first-order valence-corrected chi connectivity index (χ1v) is 8.56. The van der Waals surface area contributed by atoms with Crippen molar-refractivity contribution in [1.29, 1.82) is 0 Å². The molecule has 1 amide bonds. The minimum atomic E-state index is -0.427. The Labute approximate surface area is 155 Å². The zero-order valence-corrected chi connectivity index (χ0v) is 15.1. The highest BCUT2D eigenvalue weighted by molar-refractivity contribution is 5.98. The summed E-state index contributed by atoms with van der Waals surface area (Å²) in [5.74, 6) is 0.154. The maximum Gasteiger partial charge on any atom is 0.336 e. The maximum atomic E-state index is 12.3. The molecule has 0 saturated carbocycles. The summed E-state index contributed by atoms with van der Waals surface area (Å²) >= 11 is 0. The zero-order chi connectivity index (χ0) is 19.4. The van der Waals surface area contributed by atoms with E-state index in [0.29, 0.717) is 29.0 Å². The van der Waals surface area contributed by atoms with Gasteiger partial charge in [0.05, 0.1) is 0 Å². The van der Waals surface area contributed by atoms with E-state index < -0.39 is 5.63 Å². The van der Waals surface area contributed by atoms with Gasteiger partial charge in [-0.15, -0.1) is 0 Å². The van der Waals surface area contributed by atoms with Crippen LogP contribution in [-0.4, -0.2) is 18.3 Å². The van der Waals surface area contributed by atoms with Crippen LogP contribution in [0.25, 0.3) is 11.0 Å². The Morgan fingerprint density at radius 1 is 1.07 bits per heavy atom. The number of benzene rings is 2. The smallest absolute Gasteiger partial charge is 0.336 e. The topological polar surface area (TPSA) is 85.6 Å². The van der Waals surface area contributed by atoms with Crippen molar-refractivity contribution in [2.45, 2.75) is 20.3 Å². The quantitative estimate of drug-likeness (QED) is 0.532. The molecule has 1 heterocycles. The molecule has 0 spiro atoms. The highest BCUT2D eigenvalue weighted by atomic mass is 16.5. The van der Waals surface area contributed by atoms with Crippen molar-refractivity contribution in [3.05, 3.63) is 70.1 Å². The van der Waals surface area contributed by atoms with Crippen molar-refractivity contribution < 1.29 is 18.7 Å². The number of carbonyl (C=O) groups is 2. The van der Waals surface area contributed by atoms with Gasteiger partial charge in [0.25, 0.3) is 0 Å². The molecular weight excluding hydrogens is 346 g/mol. The summed E-state index contributed by atoms with van der Waals surface area (Å²) in [4.78, 5) is 35.2. The number of rotatable bonds is 6. The van der Waals surface area contributed by atoms with Crippen molar-refractivity contribution >= 4 is 28.3 Å². The van der Waals surface area contributed by atoms with E-state index in [0.717, 1.165) is 10.9 Å². The molecule has 0 unspecified atom stereocenters. The van der Waals surface area contributed by atoms with Crippen LogP contribution >= 0.6 is 0 Å². The fourth-order valence-electron chi connectivity index (χ4n) is 2.62. The van der Waals surface area contributed by atoms with Gasteiger partial charge < -0.3 is 14.5 Å². The molecule has 0 aliphatic carbocycles. The van der Waals surface area contributed by atoms with Gasteiger partial charge >= 0.3 is 5.63 Å². The predicted octanol–water partition coefficient (Wildman–Crippen LogP) is 3.71. The maximum absolute atomic E-state index is 12.3. The average molecular weight is 365 g/mol. The van der Waals surface area contributed by atoms with Gasteiger partial charge in [0.15, 0.2) is 12.4 Å². The Bertz CT molecular complexity index is 1050. The second-order valence-corrected chi connectivity index (χ2v) is 6.10. The normalized spacial score (nSPS) is 10.6. The minimum Gasteiger partial charge on any atom is -0.485 e. The summed E-state index contributed by atoms with van der Waals surface area (Å²) in [6, 6.07) is 13.2. The number of carbonyl (C=O) groups excluding carboxylic acids is 2. The number of Topliss-reactive ketones (excluding diaryl/α,β-unsaturated/α-hetero) is 1. The number of nitrogens with one attached hydrogen (secondary N) is 1. The molecule has 138 valence electrons. The third kappa shape index (κ3) is 4.41. The largest absolute Gasteiger partial charge is 0.485 e. The number of hydrogen-bond donors (Lipinski definition) is 1. The molecule has 3 rings (SSSR count). The predicted molar refractivity (Wildman–Crippen MR) is 102 cm³/mol. The lowest BCUT2D eigenvalue weighted by atomic mass is 10.1. The second-order valence-electron chi connectivity index (χ2n) is 6.10. The Hall–Kier alpha value is -3.41. The molecule has 0 fully saturated rings. The van der Waals surface area contributed by atoms with E-state index in [9.17, 15) is 14.4 Å². The third-order valence-electron chi connectivity index (χ3n) is 4.10. The van der Waals surface area contributed by atoms with Crippen LogP contribution in [0.15, 0.2) is 57.7 Å². The molecule has 0 saturated heterocycles. The van der Waals surface area contributed by atoms with Gasteiger partial charge in [0, 0.05) is 35.2 Å². The Morgan fingerprint density at radius 2 is 1.81 bits per heavy atom. The molecular formula is C21H19NO5. The summed E-state index contributed by atoms with van der Waals surface area (Å²) in [7, 11) is 0. The van der Waals surface area contributed by atoms with Crippen LogP contribution in [0.3, 0.4) is 0 Å². The molecule has 1 aromatic heterocycles. The van der Waals surface area contributed by atoms with Crippen molar-refractivity contribution in [2.24, 2.45) is 0 Å². The number of hydrogen-bond acceptors (Lipinski definition) is 5. The molecule has 6 heteroatoms. The molecule has 0 atom stereocenters. The zero-order valence-electron chi connectivity index (χ0n) is 15.1. The molecule has 3 aromatic rings. The molecule has 2 aromatic carbocycles. The Kier molecular flexibility index (Phi) is 5.35. The van der Waals surface area contributed by atoms with Gasteiger partial charge in [-0.3, -0.25) is 9.59 Å². The number of anilines is 1. The fraction of sp³-hybridized carbons (Fsp3) is 0.190. The van der Waals surface area contributed by atoms with Crippen LogP contribution in [0, 0.1) is 6.92 Å². The van der Waals surface area contributed by atoms with Crippen LogP contribution in [-0.2, 0) is 4.79 Å². The molecule has 6 nitrogen and oxygen atoms in total. The Balaban J connectivity index is 1.67. The number of amides is 1. The summed E-state index contributed by atoms with van der Waals surface area (Å²) in [5, 5.41) is 3.54. The highest BCUT2D eigenvalue weighted by Gasteiger charge is 2.09. The van der Waals surface area contributed by atoms with Gasteiger partial charge in [-0.05, 0) is 48.9 Å². The SMILES string of the molecule is CCC(=O)Nc1ccc(C(=O)COc2ccc3c(C)cc(=O)oc3c2)cc1. The van der Waals surface area contributed by atoms with E-state index in [1.165, 1.54) is 6.07 Å². The van der Waals surface area contributed by atoms with Gasteiger partial charge in [-0.1, -0.05) is 6.92 Å². The van der Waals surface area contributed by atoms with E-state index in [-0.39, 0.29) is 18.3 Å². The van der Waals surface area contributed by atoms with Crippen LogP contribution in [0.4, 0.5) is 5.69 Å². The van der Waals surface area contributed by atoms with Crippen LogP contribution in [0.2, 0.25) is 0 Å². The molecule has 1 N–H and O–H groups in total. The number of aryl methyl sites for hydroxylation is 1. The second kappa shape index (κ2) is 7.86.